The largest absolute Gasteiger partial charge is 0.481 e. The van der Waals surface area contributed by atoms with Crippen molar-refractivity contribution in [3.63, 3.8) is 0 Å². The average Bonchev–Trinajstić information content (AvgIpc) is 1.35. The first-order valence-electron chi connectivity index (χ1n) is 31.1. The lowest BCUT2D eigenvalue weighted by Crippen LogP contribution is -2.31. The third-order valence-electron chi connectivity index (χ3n) is 14.2. The van der Waals surface area contributed by atoms with Gasteiger partial charge in [0.15, 0.2) is 5.78 Å². The number of imide groups is 1. The molecule has 1 aliphatic heterocycles. The van der Waals surface area contributed by atoms with E-state index in [0.717, 1.165) is 22.3 Å². The number of ketones is 1. The summed E-state index contributed by atoms with van der Waals surface area (Å²) in [5, 5.41) is 56.8. The van der Waals surface area contributed by atoms with Crippen LogP contribution in [0.25, 0.3) is 0 Å². The number of nitriles is 4. The molecule has 0 radical (unpaired) electrons. The Labute approximate surface area is 592 Å². The molecule has 8 aromatic carbocycles. The van der Waals surface area contributed by atoms with E-state index < -0.39 is 64.7 Å². The lowest BCUT2D eigenvalue weighted by atomic mass is 10.1. The number of aliphatic carboxylic acids is 1. The van der Waals surface area contributed by atoms with Gasteiger partial charge in [0.1, 0.15) is 29.9 Å². The zero-order valence-electron chi connectivity index (χ0n) is 56.3. The van der Waals surface area contributed by atoms with Crippen molar-refractivity contribution in [3.8, 4) is 24.3 Å². The highest BCUT2D eigenvalue weighted by Gasteiger charge is 2.31. The highest BCUT2D eigenvalue weighted by atomic mass is 19.1. The molecule has 5 amide bonds. The summed E-state index contributed by atoms with van der Waals surface area (Å²) in [6.07, 6.45) is -0.158. The molecule has 30 heteroatoms. The lowest BCUT2D eigenvalue weighted by Gasteiger charge is -2.16. The number of hydrogen-bond donors (Lipinski definition) is 8. The number of nitrogens with one attached hydrogen (secondary N) is 6. The quantitative estimate of drug-likeness (QED) is 0.00658. The van der Waals surface area contributed by atoms with Crippen LogP contribution in [-0.4, -0.2) is 97.6 Å². The van der Waals surface area contributed by atoms with Gasteiger partial charge in [-0.05, 0) is 171 Å². The molecule has 0 aliphatic carbocycles. The molecule has 0 spiro atoms. The number of aryl methyl sites for hydroxylation is 4. The van der Waals surface area contributed by atoms with Crippen molar-refractivity contribution in [2.45, 2.75) is 53.4 Å². The van der Waals surface area contributed by atoms with Crippen molar-refractivity contribution in [2.75, 3.05) is 61.4 Å². The van der Waals surface area contributed by atoms with Gasteiger partial charge < -0.3 is 41.6 Å². The number of carbonyl (C=O) groups is 8. The summed E-state index contributed by atoms with van der Waals surface area (Å²) >= 11 is 0. The van der Waals surface area contributed by atoms with Crippen LogP contribution in [-0.2, 0) is 43.2 Å². The Morgan fingerprint density at radius 2 is 0.846 bits per heavy atom. The van der Waals surface area contributed by atoms with E-state index in [-0.39, 0.29) is 132 Å². The highest BCUT2D eigenvalue weighted by Crippen LogP contribution is 2.31. The summed E-state index contributed by atoms with van der Waals surface area (Å²) in [6.45, 7) is 6.67. The number of halogens is 4. The smallest absolute Gasteiger partial charge is 0.307 e. The summed E-state index contributed by atoms with van der Waals surface area (Å²) in [5.41, 5.74) is 15.8. The van der Waals surface area contributed by atoms with E-state index in [4.69, 9.17) is 51.1 Å². The molecule has 0 saturated carbocycles. The van der Waals surface area contributed by atoms with Crippen LogP contribution in [0.2, 0.25) is 0 Å². The number of ether oxygens (including phenoxy) is 2. The summed E-state index contributed by atoms with van der Waals surface area (Å²) in [6, 6.07) is 43.6. The topological polar surface area (TPSA) is 400 Å². The fraction of sp³-hybridized carbons (Fsp3) is 0.189. The van der Waals surface area contributed by atoms with Gasteiger partial charge in [0.2, 0.25) is 5.91 Å². The maximum atomic E-state index is 14.1. The molecule has 9 rings (SSSR count). The SMILES string of the molecule is COC(=O)CCONC(=O)c1ccc(C#N)cc1Nc1ccc(C)cc1F.Cc1ccc(Nc2cc(C#N)ccc2C(=O)COCCC(N)=O)c(F)c1.Cc1ccc(Nc2cc(C#N)ccc2C(=O)N2OCCC2=O)c(F)c1.Cc1ccc(Nc2cc(C#N)ccc2C(=O)NOCCC(=O)O)c(F)c1. The molecule has 534 valence electrons. The van der Waals surface area contributed by atoms with Crippen LogP contribution in [0, 0.1) is 96.3 Å². The van der Waals surface area contributed by atoms with Gasteiger partial charge in [0.25, 0.3) is 23.6 Å². The number of carboxylic acids is 1. The Bertz CT molecular complexity index is 4580. The van der Waals surface area contributed by atoms with Crippen molar-refractivity contribution in [3.05, 3.63) is 236 Å². The number of amides is 5. The van der Waals surface area contributed by atoms with Gasteiger partial charge in [-0.2, -0.15) is 21.0 Å². The van der Waals surface area contributed by atoms with Gasteiger partial charge in [0.05, 0.1) is 162 Å². The highest BCUT2D eigenvalue weighted by molar-refractivity contribution is 6.08. The van der Waals surface area contributed by atoms with Gasteiger partial charge in [0, 0.05) is 12.0 Å². The number of nitrogens with two attached hydrogens (primary N) is 1. The van der Waals surface area contributed by atoms with Gasteiger partial charge in [-0.15, -0.1) is 5.06 Å². The number of benzene rings is 8. The molecule has 1 aliphatic rings. The zero-order chi connectivity index (χ0) is 76.0. The standard InChI is InChI=1S/C19H18FN3O4.C19H18FN3O3.C18H16FN3O4.C18H14FN3O3/c1-12-3-6-16(15(20)9-12)22-17-10-13(11-21)4-5-14(17)19(25)23-27-8-7-18(24)26-2;1-12-2-5-16(15(20)8-12)23-17-9-13(10-21)3-4-14(17)18(24)11-26-7-6-19(22)25;1-11-2-5-15(14(19)8-11)21-16-9-12(10-20)3-4-13(16)18(25)22-26-7-6-17(23)24;1-11-2-5-15(14(19)8-11)21-16-9-12(10-20)3-4-13(16)18(24)22-17(23)6-7-25-22/h3-6,9-10,22H,7-8H2,1-2H3,(H,23,25);2-5,8-9,23H,6-7,11H2,1H3,(H2,22,25);2-5,8-9,21H,6-7H2,1H3,(H,22,25)(H,23,24);2-5,8-9,21H,6-7H2,1H3. The van der Waals surface area contributed by atoms with E-state index in [1.165, 1.54) is 122 Å². The Kier molecular flexibility index (Phi) is 30.2. The van der Waals surface area contributed by atoms with Crippen LogP contribution in [0.4, 0.5) is 63.1 Å². The third kappa shape index (κ3) is 24.2. The van der Waals surface area contributed by atoms with Gasteiger partial charge in [-0.3, -0.25) is 52.9 Å². The number of esters is 1. The van der Waals surface area contributed by atoms with Crippen LogP contribution in [0.15, 0.2) is 146 Å². The second kappa shape index (κ2) is 39.4. The molecule has 0 aromatic heterocycles. The molecular formula is C74H66F4N12O14. The number of hydrogen-bond acceptors (Lipinski definition) is 21. The predicted molar refractivity (Wildman–Crippen MR) is 369 cm³/mol. The summed E-state index contributed by atoms with van der Waals surface area (Å²) in [5.74, 6) is -6.75. The number of nitrogens with zero attached hydrogens (tertiary/aromatic N) is 5. The number of carbonyl (C=O) groups excluding carboxylic acids is 7. The van der Waals surface area contributed by atoms with Crippen LogP contribution in [0.1, 0.15) is 112 Å². The summed E-state index contributed by atoms with van der Waals surface area (Å²) < 4.78 is 66.0. The van der Waals surface area contributed by atoms with Gasteiger partial charge in [-0.25, -0.2) is 28.5 Å². The van der Waals surface area contributed by atoms with Crippen molar-refractivity contribution >= 4 is 92.8 Å². The Balaban J connectivity index is 0.000000218. The molecule has 0 atom stereocenters. The van der Waals surface area contributed by atoms with Crippen LogP contribution in [0.5, 0.6) is 0 Å². The summed E-state index contributed by atoms with van der Waals surface area (Å²) in [7, 11) is 1.25. The maximum Gasteiger partial charge on any atom is 0.307 e. The Morgan fingerprint density at radius 3 is 1.18 bits per heavy atom. The van der Waals surface area contributed by atoms with Crippen LogP contribution in [0.3, 0.4) is 0 Å². The molecule has 26 nitrogen and oxygen atoms in total. The second-order valence-corrected chi connectivity index (χ2v) is 22.2. The molecule has 1 fully saturated rings. The second-order valence-electron chi connectivity index (χ2n) is 22.2. The fourth-order valence-corrected chi connectivity index (χ4v) is 8.97. The predicted octanol–water partition coefficient (Wildman–Crippen LogP) is 11.7. The lowest BCUT2D eigenvalue weighted by molar-refractivity contribution is -0.148. The van der Waals surface area contributed by atoms with Gasteiger partial charge in [-0.1, -0.05) is 24.3 Å². The number of rotatable bonds is 25. The first kappa shape index (κ1) is 79.6. The van der Waals surface area contributed by atoms with E-state index >= 15 is 0 Å². The molecule has 8 aromatic rings. The summed E-state index contributed by atoms with van der Waals surface area (Å²) in [4.78, 5) is 108. The van der Waals surface area contributed by atoms with Crippen LogP contribution < -0.4 is 38.0 Å². The number of Topliss-reactive ketones (excluding diaryl/α,β-unsaturated/α-hetero) is 1. The Hall–Kier alpha value is -13.4. The molecule has 1 heterocycles. The number of carboxylic acid groups (broad SMARTS) is 1. The minimum absolute atomic E-state index is 0.0142. The Morgan fingerprint density at radius 1 is 0.490 bits per heavy atom. The van der Waals surface area contributed by atoms with Crippen LogP contribution >= 0.6 is 0 Å². The van der Waals surface area contributed by atoms with Crippen molar-refractivity contribution in [2.24, 2.45) is 5.73 Å². The molecule has 0 bridgehead atoms. The average molecular weight is 1420 g/mol. The number of anilines is 8. The van der Waals surface area contributed by atoms with Gasteiger partial charge >= 0.3 is 11.9 Å². The molecule has 9 N–H and O–H groups in total. The van der Waals surface area contributed by atoms with E-state index in [1.807, 2.05) is 24.3 Å². The normalized spacial score (nSPS) is 10.9. The van der Waals surface area contributed by atoms with Crippen molar-refractivity contribution in [1.82, 2.24) is 16.0 Å². The fourth-order valence-electron chi connectivity index (χ4n) is 8.97. The monoisotopic (exact) mass is 1420 g/mol. The van der Waals surface area contributed by atoms with E-state index in [1.54, 1.807) is 58.0 Å². The number of primary amides is 1. The van der Waals surface area contributed by atoms with E-state index in [0.29, 0.717) is 27.4 Å². The minimum Gasteiger partial charge on any atom is -0.481 e. The molecule has 1 saturated heterocycles. The molecule has 0 unspecified atom stereocenters. The number of methoxy groups -OCH3 is 1. The molecule has 104 heavy (non-hydrogen) atoms. The zero-order valence-corrected chi connectivity index (χ0v) is 56.3. The minimum atomic E-state index is -1.06. The number of hydroxylamine groups is 4. The third-order valence-corrected chi connectivity index (χ3v) is 14.2. The first-order chi connectivity index (χ1) is 49.7. The first-order valence-corrected chi connectivity index (χ1v) is 31.1. The van der Waals surface area contributed by atoms with E-state index in [2.05, 4.69) is 37.0 Å². The molecular weight excluding hydrogens is 1360 g/mol. The van der Waals surface area contributed by atoms with Crippen molar-refractivity contribution in [1.29, 1.82) is 21.0 Å². The maximum absolute atomic E-state index is 14.1. The van der Waals surface area contributed by atoms with E-state index in [9.17, 15) is 55.9 Å². The van der Waals surface area contributed by atoms with Crippen molar-refractivity contribution < 1.29 is 85.0 Å².